The summed E-state index contributed by atoms with van der Waals surface area (Å²) in [6.45, 7) is 0.447. The van der Waals surface area contributed by atoms with Crippen LogP contribution in [0.3, 0.4) is 0 Å². The number of aromatic nitrogens is 4. The molecular weight excluding hydrogens is 311 g/mol. The summed E-state index contributed by atoms with van der Waals surface area (Å²) in [6, 6.07) is 1.82. The molecule has 0 radical (unpaired) electrons. The van der Waals surface area contributed by atoms with E-state index in [9.17, 15) is 9.46 Å². The van der Waals surface area contributed by atoms with Gasteiger partial charge in [0, 0.05) is 6.54 Å². The molecule has 3 N–H and O–H groups in total. The van der Waals surface area contributed by atoms with E-state index in [0.717, 1.165) is 0 Å². The first-order valence-electron chi connectivity index (χ1n) is 6.36. The van der Waals surface area contributed by atoms with Gasteiger partial charge in [0.1, 0.15) is 18.2 Å². The Kier molecular flexibility index (Phi) is 5.41. The van der Waals surface area contributed by atoms with E-state index in [0.29, 0.717) is 17.7 Å². The van der Waals surface area contributed by atoms with E-state index in [1.54, 1.807) is 10.9 Å². The lowest BCUT2D eigenvalue weighted by Crippen LogP contribution is -2.08. The average molecular weight is 326 g/mol. The van der Waals surface area contributed by atoms with Gasteiger partial charge in [-0.15, -0.1) is 0 Å². The lowest BCUT2D eigenvalue weighted by atomic mass is 10.5. The van der Waals surface area contributed by atoms with Crippen LogP contribution in [0.2, 0.25) is 0 Å². The van der Waals surface area contributed by atoms with Crippen molar-refractivity contribution < 1.29 is 18.7 Å². The van der Waals surface area contributed by atoms with E-state index in [4.69, 9.17) is 20.3 Å². The van der Waals surface area contributed by atoms with Gasteiger partial charge in [-0.1, -0.05) is 0 Å². The summed E-state index contributed by atoms with van der Waals surface area (Å²) in [5, 5.41) is 8.33. The minimum Gasteiger partial charge on any atom is -0.382 e. The van der Waals surface area contributed by atoms with Gasteiger partial charge in [-0.3, -0.25) is 4.57 Å². The third-order valence-corrected chi connectivity index (χ3v) is 3.76. The van der Waals surface area contributed by atoms with Crippen LogP contribution < -0.4 is 5.73 Å². The Morgan fingerprint density at radius 2 is 2.23 bits per heavy atom. The van der Waals surface area contributed by atoms with Gasteiger partial charge in [0.15, 0.2) is 11.5 Å². The van der Waals surface area contributed by atoms with Gasteiger partial charge in [0.25, 0.3) is 0 Å². The second-order valence-corrected chi connectivity index (χ2v) is 6.08. The van der Waals surface area contributed by atoms with Gasteiger partial charge in [-0.05, 0) is 0 Å². The first-order valence-corrected chi connectivity index (χ1v) is 8.12. The minimum absolute atomic E-state index is 0.0483. The largest absolute Gasteiger partial charge is 0.382 e. The van der Waals surface area contributed by atoms with E-state index in [1.807, 2.05) is 6.07 Å². The highest BCUT2D eigenvalue weighted by molar-refractivity contribution is 7.52. The van der Waals surface area contributed by atoms with Crippen molar-refractivity contribution in [1.82, 2.24) is 19.5 Å². The highest BCUT2D eigenvalue weighted by Crippen LogP contribution is 2.41. The zero-order valence-corrected chi connectivity index (χ0v) is 12.5. The van der Waals surface area contributed by atoms with Crippen LogP contribution >= 0.6 is 7.60 Å². The molecule has 0 aliphatic heterocycles. The van der Waals surface area contributed by atoms with E-state index in [-0.39, 0.29) is 25.5 Å². The molecule has 0 amide bonds. The van der Waals surface area contributed by atoms with Crippen molar-refractivity contribution in [3.8, 4) is 6.07 Å². The van der Waals surface area contributed by atoms with Gasteiger partial charge in [-0.25, -0.2) is 15.0 Å². The molecule has 0 aromatic carbocycles. The summed E-state index contributed by atoms with van der Waals surface area (Å²) in [6.07, 6.45) is 2.48. The Hall–Kier alpha value is -2.05. The number of nitrogens with two attached hydrogens (primary N) is 1. The topological polar surface area (TPSA) is 149 Å². The molecule has 0 aliphatic rings. The lowest BCUT2D eigenvalue weighted by molar-refractivity contribution is 0.138. The molecule has 0 bridgehead atoms. The Balaban J connectivity index is 1.82. The van der Waals surface area contributed by atoms with Crippen molar-refractivity contribution in [1.29, 1.82) is 5.26 Å². The predicted octanol–water partition coefficient (Wildman–Crippen LogP) is 0.498. The van der Waals surface area contributed by atoms with E-state index in [1.165, 1.54) is 6.33 Å². The molecule has 1 unspecified atom stereocenters. The molecule has 10 nitrogen and oxygen atoms in total. The maximum atomic E-state index is 11.5. The third-order valence-electron chi connectivity index (χ3n) is 2.67. The van der Waals surface area contributed by atoms with Crippen molar-refractivity contribution in [2.45, 2.75) is 13.0 Å². The molecule has 1 atom stereocenters. The van der Waals surface area contributed by atoms with Gasteiger partial charge in [0.05, 0.1) is 32.0 Å². The maximum absolute atomic E-state index is 11.5. The zero-order valence-electron chi connectivity index (χ0n) is 11.6. The molecule has 2 rings (SSSR count). The summed E-state index contributed by atoms with van der Waals surface area (Å²) in [5.41, 5.74) is 6.73. The van der Waals surface area contributed by atoms with Crippen LogP contribution in [0.15, 0.2) is 12.7 Å². The first-order chi connectivity index (χ1) is 10.5. The van der Waals surface area contributed by atoms with E-state index >= 15 is 0 Å². The second kappa shape index (κ2) is 7.29. The fourth-order valence-electron chi connectivity index (χ4n) is 1.68. The third kappa shape index (κ3) is 4.22. The molecule has 0 fully saturated rings. The number of fused-ring (bicyclic) bond motifs is 1. The minimum atomic E-state index is -3.83. The number of nitrogen functional groups attached to an aromatic ring is 1. The molecule has 22 heavy (non-hydrogen) atoms. The highest BCUT2D eigenvalue weighted by Gasteiger charge is 2.19. The number of rotatable bonds is 8. The Morgan fingerprint density at radius 1 is 1.41 bits per heavy atom. The number of anilines is 1. The summed E-state index contributed by atoms with van der Waals surface area (Å²) in [7, 11) is -3.83. The number of ether oxygens (including phenoxy) is 1. The second-order valence-electron chi connectivity index (χ2n) is 4.29. The van der Waals surface area contributed by atoms with Gasteiger partial charge in [-0.2, -0.15) is 5.26 Å². The molecule has 2 aromatic heterocycles. The van der Waals surface area contributed by atoms with Crippen molar-refractivity contribution >= 4 is 24.6 Å². The monoisotopic (exact) mass is 326 g/mol. The predicted molar refractivity (Wildman–Crippen MR) is 76.6 cm³/mol. The first kappa shape index (κ1) is 16.3. The van der Waals surface area contributed by atoms with Crippen molar-refractivity contribution in [2.75, 3.05) is 25.3 Å². The van der Waals surface area contributed by atoms with Crippen LogP contribution in [0.5, 0.6) is 0 Å². The van der Waals surface area contributed by atoms with Crippen LogP contribution in [-0.2, 0) is 20.4 Å². The molecule has 0 saturated heterocycles. The van der Waals surface area contributed by atoms with Crippen LogP contribution in [0.4, 0.5) is 5.82 Å². The van der Waals surface area contributed by atoms with Gasteiger partial charge < -0.3 is 24.5 Å². The number of nitriles is 1. The Bertz CT molecular complexity index is 727. The molecule has 2 aromatic rings. The number of hydrogen-bond donors (Lipinski definition) is 2. The quantitative estimate of drug-likeness (QED) is 0.522. The molecule has 2 heterocycles. The van der Waals surface area contributed by atoms with E-state index in [2.05, 4.69) is 15.0 Å². The standard InChI is InChI=1S/C11H15N6O4P/c12-2-1-4-21-22(18,19)8-20-5-3-17-7-16-9-10(13)14-6-15-11(9)17/h6-7H,1,3-5,8H2,(H,18,19)(H2,13,14,15). The highest BCUT2D eigenvalue weighted by atomic mass is 31.2. The molecule has 118 valence electrons. The molecule has 0 saturated carbocycles. The van der Waals surface area contributed by atoms with Gasteiger partial charge >= 0.3 is 7.60 Å². The summed E-state index contributed by atoms with van der Waals surface area (Å²) < 4.78 is 23.1. The fraction of sp³-hybridized carbons (Fsp3) is 0.455. The molecule has 0 aliphatic carbocycles. The van der Waals surface area contributed by atoms with Crippen LogP contribution in [-0.4, -0.2) is 44.0 Å². The fourth-order valence-corrected chi connectivity index (χ4v) is 2.49. The van der Waals surface area contributed by atoms with E-state index < -0.39 is 13.9 Å². The van der Waals surface area contributed by atoms with Crippen LogP contribution in [0.25, 0.3) is 11.2 Å². The Morgan fingerprint density at radius 3 is 3.00 bits per heavy atom. The summed E-state index contributed by atoms with van der Waals surface area (Å²) >= 11 is 0. The Labute approximate surface area is 126 Å². The zero-order chi connectivity index (χ0) is 16.0. The van der Waals surface area contributed by atoms with Crippen molar-refractivity contribution in [2.24, 2.45) is 0 Å². The average Bonchev–Trinajstić information content (AvgIpc) is 2.88. The van der Waals surface area contributed by atoms with Crippen LogP contribution in [0, 0.1) is 11.3 Å². The lowest BCUT2D eigenvalue weighted by Gasteiger charge is -2.11. The van der Waals surface area contributed by atoms with Gasteiger partial charge in [0.2, 0.25) is 0 Å². The molecule has 11 heteroatoms. The number of hydrogen-bond acceptors (Lipinski definition) is 8. The van der Waals surface area contributed by atoms with Crippen LogP contribution in [0.1, 0.15) is 6.42 Å². The SMILES string of the molecule is N#CCCOP(=O)(O)COCCn1cnc2c(N)ncnc21. The van der Waals surface area contributed by atoms with Crippen molar-refractivity contribution in [3.05, 3.63) is 12.7 Å². The normalized spacial score (nSPS) is 13.8. The summed E-state index contributed by atoms with van der Waals surface area (Å²) in [4.78, 5) is 21.5. The summed E-state index contributed by atoms with van der Waals surface area (Å²) in [5.74, 6) is 0.287. The molecular formula is C11H15N6O4P. The van der Waals surface area contributed by atoms with Crippen molar-refractivity contribution in [3.63, 3.8) is 0 Å². The number of nitrogens with zero attached hydrogens (tertiary/aromatic N) is 5. The maximum Gasteiger partial charge on any atom is 0.353 e. The smallest absolute Gasteiger partial charge is 0.353 e. The number of imidazole rings is 1. The molecule has 0 spiro atoms.